The van der Waals surface area contributed by atoms with Crippen LogP contribution in [0.3, 0.4) is 0 Å². The van der Waals surface area contributed by atoms with Crippen molar-refractivity contribution in [3.05, 3.63) is 36.4 Å². The molecule has 0 bridgehead atoms. The highest BCUT2D eigenvalue weighted by Gasteiger charge is 2.24. The number of nitrogens with zero attached hydrogens (tertiary/aromatic N) is 1. The van der Waals surface area contributed by atoms with Gasteiger partial charge in [0.05, 0.1) is 0 Å². The molecule has 19 heavy (non-hydrogen) atoms. The van der Waals surface area contributed by atoms with Crippen LogP contribution in [-0.2, 0) is 4.79 Å². The first-order valence-electron chi connectivity index (χ1n) is 6.85. The third-order valence-corrected chi connectivity index (χ3v) is 3.85. The van der Waals surface area contributed by atoms with E-state index in [1.54, 1.807) is 24.1 Å². The zero-order valence-electron chi connectivity index (χ0n) is 11.4. The van der Waals surface area contributed by atoms with Crippen LogP contribution in [0.4, 0.5) is 5.69 Å². The maximum Gasteiger partial charge on any atom is 0.229 e. The van der Waals surface area contributed by atoms with Crippen LogP contribution in [0.25, 0.3) is 5.76 Å². The fourth-order valence-corrected chi connectivity index (χ4v) is 2.64. The van der Waals surface area contributed by atoms with Gasteiger partial charge in [0.2, 0.25) is 5.91 Å². The molecule has 0 saturated heterocycles. The summed E-state index contributed by atoms with van der Waals surface area (Å²) in [6.07, 6.45) is 5.54. The molecular formula is C16H21NO2. The quantitative estimate of drug-likeness (QED) is 0.840. The summed E-state index contributed by atoms with van der Waals surface area (Å²) in [5, 5.41) is 9.42. The number of benzene rings is 1. The summed E-state index contributed by atoms with van der Waals surface area (Å²) < 4.78 is 0. The van der Waals surface area contributed by atoms with Gasteiger partial charge in [0.1, 0.15) is 5.76 Å². The molecule has 3 nitrogen and oxygen atoms in total. The Kier molecular flexibility index (Phi) is 4.25. The van der Waals surface area contributed by atoms with Gasteiger partial charge in [0.15, 0.2) is 0 Å². The van der Waals surface area contributed by atoms with Crippen LogP contribution in [0.15, 0.2) is 30.8 Å². The van der Waals surface area contributed by atoms with Crippen LogP contribution in [0.5, 0.6) is 0 Å². The Morgan fingerprint density at radius 2 is 2.00 bits per heavy atom. The van der Waals surface area contributed by atoms with Crippen molar-refractivity contribution < 1.29 is 9.90 Å². The molecule has 0 aromatic heterocycles. The molecule has 1 saturated carbocycles. The third kappa shape index (κ3) is 3.16. The summed E-state index contributed by atoms with van der Waals surface area (Å²) in [5.74, 6) is 0.362. The second-order valence-electron chi connectivity index (χ2n) is 5.23. The zero-order chi connectivity index (χ0) is 13.8. The number of amides is 1. The summed E-state index contributed by atoms with van der Waals surface area (Å²) >= 11 is 0. The number of hydrogen-bond acceptors (Lipinski definition) is 2. The molecule has 0 atom stereocenters. The van der Waals surface area contributed by atoms with Gasteiger partial charge in [-0.05, 0) is 25.0 Å². The molecule has 0 spiro atoms. The normalized spacial score (nSPS) is 16.1. The van der Waals surface area contributed by atoms with Gasteiger partial charge < -0.3 is 10.0 Å². The number of carbonyl (C=O) groups excluding carboxylic acids is 1. The molecule has 0 unspecified atom stereocenters. The Bertz CT molecular complexity index is 475. The van der Waals surface area contributed by atoms with Crippen molar-refractivity contribution in [2.45, 2.75) is 32.1 Å². The molecule has 102 valence electrons. The first-order valence-corrected chi connectivity index (χ1v) is 6.85. The van der Waals surface area contributed by atoms with Gasteiger partial charge in [-0.3, -0.25) is 4.79 Å². The third-order valence-electron chi connectivity index (χ3n) is 3.85. The van der Waals surface area contributed by atoms with E-state index < -0.39 is 0 Å². The predicted octanol–water partition coefficient (Wildman–Crippen LogP) is 3.76. The summed E-state index contributed by atoms with van der Waals surface area (Å²) in [4.78, 5) is 14.1. The van der Waals surface area contributed by atoms with Crippen LogP contribution in [0, 0.1) is 5.92 Å². The highest BCUT2D eigenvalue weighted by molar-refractivity contribution is 5.94. The van der Waals surface area contributed by atoms with E-state index in [9.17, 15) is 9.90 Å². The van der Waals surface area contributed by atoms with Crippen molar-refractivity contribution in [3.63, 3.8) is 0 Å². The topological polar surface area (TPSA) is 40.5 Å². The second-order valence-corrected chi connectivity index (χ2v) is 5.23. The molecule has 1 aliphatic rings. The van der Waals surface area contributed by atoms with Crippen LogP contribution in [0.2, 0.25) is 0 Å². The zero-order valence-corrected chi connectivity index (χ0v) is 11.4. The molecule has 1 fully saturated rings. The number of anilines is 1. The van der Waals surface area contributed by atoms with Gasteiger partial charge in [-0.15, -0.1) is 0 Å². The standard InChI is InChI=1S/C16H21NO2/c1-12(18)14-9-6-10-15(11-14)17(2)16(19)13-7-4-3-5-8-13/h6,9-11,13,18H,1,3-5,7-8H2,2H3. The molecular weight excluding hydrogens is 238 g/mol. The summed E-state index contributed by atoms with van der Waals surface area (Å²) in [5.41, 5.74) is 1.46. The van der Waals surface area contributed by atoms with E-state index in [2.05, 4.69) is 6.58 Å². The molecule has 0 radical (unpaired) electrons. The molecule has 3 heteroatoms. The highest BCUT2D eigenvalue weighted by atomic mass is 16.3. The van der Waals surface area contributed by atoms with Crippen LogP contribution >= 0.6 is 0 Å². The summed E-state index contributed by atoms with van der Waals surface area (Å²) in [7, 11) is 1.80. The van der Waals surface area contributed by atoms with Crippen molar-refractivity contribution in [3.8, 4) is 0 Å². The lowest BCUT2D eigenvalue weighted by molar-refractivity contribution is -0.123. The Balaban J connectivity index is 2.13. The molecule has 1 amide bonds. The van der Waals surface area contributed by atoms with Crippen molar-refractivity contribution in [1.29, 1.82) is 0 Å². The minimum absolute atomic E-state index is 0.0281. The lowest BCUT2D eigenvalue weighted by Gasteiger charge is -2.26. The number of aliphatic hydroxyl groups is 1. The van der Waals surface area contributed by atoms with E-state index in [4.69, 9.17) is 0 Å². The fraction of sp³-hybridized carbons (Fsp3) is 0.438. The molecule has 2 rings (SSSR count). The van der Waals surface area contributed by atoms with E-state index in [1.165, 1.54) is 6.42 Å². The number of rotatable bonds is 3. The first-order chi connectivity index (χ1) is 9.09. The predicted molar refractivity (Wildman–Crippen MR) is 78.1 cm³/mol. The minimum atomic E-state index is 0.0281. The summed E-state index contributed by atoms with van der Waals surface area (Å²) in [6, 6.07) is 7.29. The minimum Gasteiger partial charge on any atom is -0.508 e. The maximum absolute atomic E-state index is 12.4. The van der Waals surface area contributed by atoms with Crippen LogP contribution < -0.4 is 4.90 Å². The molecule has 1 aromatic carbocycles. The Morgan fingerprint density at radius 3 is 2.63 bits per heavy atom. The van der Waals surface area contributed by atoms with E-state index in [-0.39, 0.29) is 17.6 Å². The van der Waals surface area contributed by atoms with Crippen molar-refractivity contribution >= 4 is 17.4 Å². The Labute approximate surface area is 114 Å². The maximum atomic E-state index is 12.4. The van der Waals surface area contributed by atoms with Crippen molar-refractivity contribution in [2.75, 3.05) is 11.9 Å². The Morgan fingerprint density at radius 1 is 1.32 bits per heavy atom. The van der Waals surface area contributed by atoms with Gasteiger partial charge >= 0.3 is 0 Å². The van der Waals surface area contributed by atoms with Gasteiger partial charge in [0, 0.05) is 24.2 Å². The lowest BCUT2D eigenvalue weighted by Crippen LogP contribution is -2.33. The molecule has 1 aromatic rings. The smallest absolute Gasteiger partial charge is 0.229 e. The average molecular weight is 259 g/mol. The number of aliphatic hydroxyl groups excluding tert-OH is 1. The van der Waals surface area contributed by atoms with Gasteiger partial charge in [-0.25, -0.2) is 0 Å². The van der Waals surface area contributed by atoms with E-state index in [0.717, 1.165) is 31.4 Å². The number of hydrogen-bond donors (Lipinski definition) is 1. The highest BCUT2D eigenvalue weighted by Crippen LogP contribution is 2.27. The first kappa shape index (κ1) is 13.7. The SMILES string of the molecule is C=C(O)c1cccc(N(C)C(=O)C2CCCCC2)c1. The molecule has 1 aliphatic carbocycles. The lowest BCUT2D eigenvalue weighted by atomic mass is 9.88. The molecule has 0 heterocycles. The summed E-state index contributed by atoms with van der Waals surface area (Å²) in [6.45, 7) is 3.51. The fourth-order valence-electron chi connectivity index (χ4n) is 2.64. The molecule has 1 N–H and O–H groups in total. The second kappa shape index (κ2) is 5.91. The van der Waals surface area contributed by atoms with Crippen molar-refractivity contribution in [1.82, 2.24) is 0 Å². The van der Waals surface area contributed by atoms with E-state index in [1.807, 2.05) is 12.1 Å². The average Bonchev–Trinajstić information content (AvgIpc) is 2.46. The molecule has 0 aliphatic heterocycles. The van der Waals surface area contributed by atoms with E-state index in [0.29, 0.717) is 5.56 Å². The monoisotopic (exact) mass is 259 g/mol. The number of carbonyl (C=O) groups is 1. The Hall–Kier alpha value is -1.77. The van der Waals surface area contributed by atoms with Gasteiger partial charge in [0.25, 0.3) is 0 Å². The van der Waals surface area contributed by atoms with Gasteiger partial charge in [-0.2, -0.15) is 0 Å². The largest absolute Gasteiger partial charge is 0.508 e. The van der Waals surface area contributed by atoms with Crippen LogP contribution in [0.1, 0.15) is 37.7 Å². The van der Waals surface area contributed by atoms with E-state index >= 15 is 0 Å². The van der Waals surface area contributed by atoms with Gasteiger partial charge in [-0.1, -0.05) is 38.0 Å². The van der Waals surface area contributed by atoms with Crippen LogP contribution in [-0.4, -0.2) is 18.1 Å². The van der Waals surface area contributed by atoms with Crippen molar-refractivity contribution in [2.24, 2.45) is 5.92 Å².